The molecule has 0 aromatic heterocycles. The fraction of sp³-hybridized carbons (Fsp3) is 0.0714. The highest BCUT2D eigenvalue weighted by atomic mass is 16.1. The van der Waals surface area contributed by atoms with Gasteiger partial charge in [-0.15, -0.1) is 0 Å². The first kappa shape index (κ1) is 11.2. The van der Waals surface area contributed by atoms with E-state index in [2.05, 4.69) is 10.9 Å². The lowest BCUT2D eigenvalue weighted by molar-refractivity contribution is 0.101. The third kappa shape index (κ3) is 2.84. The lowest BCUT2D eigenvalue weighted by Gasteiger charge is -2.12. The van der Waals surface area contributed by atoms with Crippen LogP contribution >= 0.6 is 0 Å². The molecule has 0 aliphatic heterocycles. The molecule has 0 radical (unpaired) electrons. The van der Waals surface area contributed by atoms with Gasteiger partial charge in [0.1, 0.15) is 0 Å². The van der Waals surface area contributed by atoms with Gasteiger partial charge in [0, 0.05) is 5.56 Å². The Morgan fingerprint density at radius 1 is 0.882 bits per heavy atom. The maximum atomic E-state index is 11.4. The third-order valence-electron chi connectivity index (χ3n) is 2.42. The average molecular weight is 226 g/mol. The molecular weight excluding hydrogens is 212 g/mol. The summed E-state index contributed by atoms with van der Waals surface area (Å²) in [5, 5.41) is 0. The molecule has 86 valence electrons. The van der Waals surface area contributed by atoms with E-state index in [1.54, 1.807) is 13.0 Å². The van der Waals surface area contributed by atoms with E-state index in [4.69, 9.17) is 0 Å². The summed E-state index contributed by atoms with van der Waals surface area (Å²) >= 11 is 0. The van der Waals surface area contributed by atoms with Gasteiger partial charge in [0.25, 0.3) is 0 Å². The van der Waals surface area contributed by atoms with Gasteiger partial charge in [-0.1, -0.05) is 30.3 Å². The molecule has 0 spiro atoms. The zero-order valence-electron chi connectivity index (χ0n) is 9.60. The van der Waals surface area contributed by atoms with Crippen molar-refractivity contribution >= 4 is 17.2 Å². The van der Waals surface area contributed by atoms with Crippen LogP contribution in [-0.4, -0.2) is 5.78 Å². The molecule has 0 bridgehead atoms. The normalized spacial score (nSPS) is 9.71. The third-order valence-corrected chi connectivity index (χ3v) is 2.42. The zero-order chi connectivity index (χ0) is 12.1. The van der Waals surface area contributed by atoms with Gasteiger partial charge in [0.2, 0.25) is 0 Å². The molecular formula is C14H14N2O. The largest absolute Gasteiger partial charge is 0.301 e. The fourth-order valence-corrected chi connectivity index (χ4v) is 1.56. The molecule has 2 rings (SSSR count). The number of benzene rings is 2. The first-order valence-corrected chi connectivity index (χ1v) is 5.44. The number of hydrazine groups is 1. The van der Waals surface area contributed by atoms with Gasteiger partial charge in [-0.25, -0.2) is 0 Å². The molecule has 0 saturated heterocycles. The van der Waals surface area contributed by atoms with E-state index >= 15 is 0 Å². The fourth-order valence-electron chi connectivity index (χ4n) is 1.56. The van der Waals surface area contributed by atoms with Gasteiger partial charge in [-0.3, -0.25) is 4.79 Å². The van der Waals surface area contributed by atoms with Crippen LogP contribution in [0, 0.1) is 0 Å². The minimum absolute atomic E-state index is 0.0444. The van der Waals surface area contributed by atoms with Gasteiger partial charge in [0.15, 0.2) is 5.78 Å². The summed E-state index contributed by atoms with van der Waals surface area (Å²) in [7, 11) is 0. The molecule has 2 N–H and O–H groups in total. The van der Waals surface area contributed by atoms with Crippen LogP contribution in [0.4, 0.5) is 11.4 Å². The summed E-state index contributed by atoms with van der Waals surface area (Å²) in [5.74, 6) is 0.0444. The van der Waals surface area contributed by atoms with Crippen molar-refractivity contribution in [3.63, 3.8) is 0 Å². The predicted molar refractivity (Wildman–Crippen MR) is 70.1 cm³/mol. The van der Waals surface area contributed by atoms with E-state index in [-0.39, 0.29) is 5.78 Å². The van der Waals surface area contributed by atoms with Crippen molar-refractivity contribution < 1.29 is 4.79 Å². The van der Waals surface area contributed by atoms with Gasteiger partial charge >= 0.3 is 0 Å². The lowest BCUT2D eigenvalue weighted by Crippen LogP contribution is -2.11. The molecule has 0 atom stereocenters. The summed E-state index contributed by atoms with van der Waals surface area (Å²) in [4.78, 5) is 11.4. The lowest BCUT2D eigenvalue weighted by atomic mass is 10.1. The second kappa shape index (κ2) is 5.16. The number of rotatable bonds is 4. The van der Waals surface area contributed by atoms with Gasteiger partial charge in [-0.2, -0.15) is 0 Å². The van der Waals surface area contributed by atoms with Crippen LogP contribution in [0.1, 0.15) is 17.3 Å². The molecule has 2 aromatic carbocycles. The Kier molecular flexibility index (Phi) is 3.40. The van der Waals surface area contributed by atoms with Crippen LogP contribution in [0.25, 0.3) is 0 Å². The second-order valence-corrected chi connectivity index (χ2v) is 3.72. The van der Waals surface area contributed by atoms with Crippen molar-refractivity contribution in [1.29, 1.82) is 0 Å². The number of Topliss-reactive ketones (excluding diaryl/α,β-unsaturated/α-hetero) is 1. The Hall–Kier alpha value is -2.29. The van der Waals surface area contributed by atoms with Gasteiger partial charge in [-0.05, 0) is 31.2 Å². The van der Waals surface area contributed by atoms with Crippen molar-refractivity contribution in [2.45, 2.75) is 6.92 Å². The quantitative estimate of drug-likeness (QED) is 0.620. The number of anilines is 2. The highest BCUT2D eigenvalue weighted by Gasteiger charge is 2.04. The summed E-state index contributed by atoms with van der Waals surface area (Å²) in [6.07, 6.45) is 0. The first-order valence-electron chi connectivity index (χ1n) is 5.44. The topological polar surface area (TPSA) is 41.1 Å². The van der Waals surface area contributed by atoms with E-state index in [0.29, 0.717) is 5.56 Å². The molecule has 0 aliphatic carbocycles. The van der Waals surface area contributed by atoms with Crippen molar-refractivity contribution in [1.82, 2.24) is 0 Å². The molecule has 0 fully saturated rings. The van der Waals surface area contributed by atoms with E-state index in [1.165, 1.54) is 0 Å². The Morgan fingerprint density at radius 2 is 1.53 bits per heavy atom. The van der Waals surface area contributed by atoms with Crippen LogP contribution < -0.4 is 10.9 Å². The van der Waals surface area contributed by atoms with Crippen LogP contribution in [0.15, 0.2) is 54.6 Å². The molecule has 0 saturated carbocycles. The number of para-hydroxylation sites is 2. The minimum Gasteiger partial charge on any atom is -0.301 e. The SMILES string of the molecule is CC(=O)c1ccccc1NNc1ccccc1. The molecule has 0 amide bonds. The predicted octanol–water partition coefficient (Wildman–Crippen LogP) is 3.33. The summed E-state index contributed by atoms with van der Waals surface area (Å²) < 4.78 is 0. The standard InChI is InChI=1S/C14H14N2O/c1-11(17)13-9-5-6-10-14(13)16-15-12-7-3-2-4-8-12/h2-10,15-16H,1H3. The number of carbonyl (C=O) groups is 1. The van der Waals surface area contributed by atoms with Crippen LogP contribution in [0.3, 0.4) is 0 Å². The molecule has 0 aliphatic rings. The maximum Gasteiger partial charge on any atom is 0.161 e. The summed E-state index contributed by atoms with van der Waals surface area (Å²) in [5.41, 5.74) is 8.50. The molecule has 3 heteroatoms. The first-order chi connectivity index (χ1) is 8.27. The number of nitrogens with one attached hydrogen (secondary N) is 2. The van der Waals surface area contributed by atoms with Crippen molar-refractivity contribution in [2.75, 3.05) is 10.9 Å². The van der Waals surface area contributed by atoms with Gasteiger partial charge in [0.05, 0.1) is 11.4 Å². The Morgan fingerprint density at radius 3 is 2.24 bits per heavy atom. The molecule has 3 nitrogen and oxygen atoms in total. The highest BCUT2D eigenvalue weighted by Crippen LogP contribution is 2.16. The average Bonchev–Trinajstić information content (AvgIpc) is 2.38. The smallest absolute Gasteiger partial charge is 0.161 e. The van der Waals surface area contributed by atoms with Crippen LogP contribution in [0.2, 0.25) is 0 Å². The molecule has 0 heterocycles. The Bertz CT molecular complexity index is 509. The number of hydrogen-bond donors (Lipinski definition) is 2. The van der Waals surface area contributed by atoms with Crippen molar-refractivity contribution in [3.05, 3.63) is 60.2 Å². The van der Waals surface area contributed by atoms with E-state index < -0.39 is 0 Å². The van der Waals surface area contributed by atoms with E-state index in [1.807, 2.05) is 48.5 Å². The Labute approximate surface area is 100 Å². The summed E-state index contributed by atoms with van der Waals surface area (Å²) in [6, 6.07) is 17.2. The zero-order valence-corrected chi connectivity index (χ0v) is 9.60. The maximum absolute atomic E-state index is 11.4. The van der Waals surface area contributed by atoms with Crippen molar-refractivity contribution in [2.24, 2.45) is 0 Å². The number of carbonyl (C=O) groups excluding carboxylic acids is 1. The molecule has 0 unspecified atom stereocenters. The minimum atomic E-state index is 0.0444. The van der Waals surface area contributed by atoms with E-state index in [9.17, 15) is 4.79 Å². The van der Waals surface area contributed by atoms with Gasteiger partial charge < -0.3 is 10.9 Å². The van der Waals surface area contributed by atoms with Crippen molar-refractivity contribution in [3.8, 4) is 0 Å². The molecule has 2 aromatic rings. The monoisotopic (exact) mass is 226 g/mol. The molecule has 17 heavy (non-hydrogen) atoms. The van der Waals surface area contributed by atoms with E-state index in [0.717, 1.165) is 11.4 Å². The number of ketones is 1. The highest BCUT2D eigenvalue weighted by molar-refractivity contribution is 5.99. The van der Waals surface area contributed by atoms with Crippen LogP contribution in [-0.2, 0) is 0 Å². The summed E-state index contributed by atoms with van der Waals surface area (Å²) in [6.45, 7) is 1.56. The Balaban J connectivity index is 2.12. The van der Waals surface area contributed by atoms with Crippen LogP contribution in [0.5, 0.6) is 0 Å². The number of hydrogen-bond acceptors (Lipinski definition) is 3. The second-order valence-electron chi connectivity index (χ2n) is 3.72.